The molecule has 0 aliphatic rings. The maximum atomic E-state index is 13.8. The highest BCUT2D eigenvalue weighted by Crippen LogP contribution is 2.57. The summed E-state index contributed by atoms with van der Waals surface area (Å²) in [4.78, 5) is 0. The average Bonchev–Trinajstić information content (AvgIpc) is 2.55. The highest BCUT2D eigenvalue weighted by Gasteiger charge is 2.84. The maximum Gasteiger partial charge on any atom is 0.464 e. The third kappa shape index (κ3) is 6.44. The summed E-state index contributed by atoms with van der Waals surface area (Å²) in [5, 5.41) is -7.25. The summed E-state index contributed by atoms with van der Waals surface area (Å²) in [6.07, 6.45) is -15.3. The van der Waals surface area contributed by atoms with Gasteiger partial charge in [-0.3, -0.25) is 0 Å². The smallest absolute Gasteiger partial charge is 0.244 e. The first-order chi connectivity index (χ1) is 13.9. The Labute approximate surface area is 187 Å². The molecule has 0 fully saturated rings. The van der Waals surface area contributed by atoms with Gasteiger partial charge < -0.3 is 0 Å². The number of rotatable bonds is 14. The largest absolute Gasteiger partial charge is 0.464 e. The van der Waals surface area contributed by atoms with Crippen LogP contribution in [0.15, 0.2) is 0 Å². The summed E-state index contributed by atoms with van der Waals surface area (Å²) >= 11 is 1.14. The van der Waals surface area contributed by atoms with E-state index in [1.165, 1.54) is 0 Å². The van der Waals surface area contributed by atoms with Crippen LogP contribution in [0.1, 0.15) is 45.4 Å². The Bertz CT molecular complexity index is 727. The molecule has 1 atom stereocenters. The van der Waals surface area contributed by atoms with Gasteiger partial charge in [0.2, 0.25) is 0 Å². The van der Waals surface area contributed by atoms with Gasteiger partial charge >= 0.3 is 45.5 Å². The summed E-state index contributed by atoms with van der Waals surface area (Å²) in [5.41, 5.74) is 0. The van der Waals surface area contributed by atoms with Crippen molar-refractivity contribution < 1.29 is 69.7 Å². The SMILES string of the molecule is CCCCCCC(I)CC(F)(F)C(F)(F)C(F)(F)C(F)(F)OC(F)(F)C(F)(F)S(=O)(=O)F. The molecule has 0 aromatic heterocycles. The van der Waals surface area contributed by atoms with Crippen LogP contribution >= 0.6 is 22.6 Å². The molecule has 0 aliphatic carbocycles. The van der Waals surface area contributed by atoms with Gasteiger partial charge in [-0.25, -0.2) is 4.74 Å². The fourth-order valence-corrected chi connectivity index (χ4v) is 3.46. The van der Waals surface area contributed by atoms with Crippen molar-refractivity contribution in [3.05, 3.63) is 0 Å². The van der Waals surface area contributed by atoms with Gasteiger partial charge in [-0.05, 0) is 6.42 Å². The van der Waals surface area contributed by atoms with Crippen molar-refractivity contribution in [2.75, 3.05) is 0 Å². The van der Waals surface area contributed by atoms with E-state index in [2.05, 4.69) is 0 Å². The maximum absolute atomic E-state index is 13.8. The summed E-state index contributed by atoms with van der Waals surface area (Å²) in [6.45, 7) is 1.77. The lowest BCUT2D eigenvalue weighted by Crippen LogP contribution is -2.65. The molecule has 1 unspecified atom stereocenters. The molecular weight excluding hydrogens is 622 g/mol. The number of hydrogen-bond acceptors (Lipinski definition) is 3. The Morgan fingerprint density at radius 3 is 1.66 bits per heavy atom. The van der Waals surface area contributed by atoms with E-state index < -0.39 is 55.8 Å². The van der Waals surface area contributed by atoms with Crippen molar-refractivity contribution in [1.82, 2.24) is 0 Å². The van der Waals surface area contributed by atoms with Crippen LogP contribution in [0.5, 0.6) is 0 Å². The molecule has 0 aliphatic heterocycles. The Kier molecular flexibility index (Phi) is 10.1. The molecule has 3 nitrogen and oxygen atoms in total. The first-order valence-corrected chi connectivity index (χ1v) is 11.1. The molecule has 194 valence electrons. The number of halogens is 14. The van der Waals surface area contributed by atoms with Crippen LogP contribution < -0.4 is 0 Å². The van der Waals surface area contributed by atoms with Crippen LogP contribution in [0.4, 0.5) is 56.6 Å². The van der Waals surface area contributed by atoms with Crippen molar-refractivity contribution in [3.63, 3.8) is 0 Å². The van der Waals surface area contributed by atoms with Crippen LogP contribution in [0.25, 0.3) is 0 Å². The molecule has 0 rings (SSSR count). The number of ether oxygens (including phenoxy) is 1. The molecule has 0 amide bonds. The standard InChI is InChI=1S/C14H16F13IO3S/c1-2-3-4-5-6-8(28)7-9(15,16)10(17,18)11(19,20)12(21,22)31-13(23,24)14(25,26)32(27,29)30/h8H,2-7H2,1H3. The normalized spacial score (nSPS) is 16.3. The fraction of sp³-hybridized carbons (Fsp3) is 1.00. The van der Waals surface area contributed by atoms with Gasteiger partial charge in [-0.2, -0.15) is 61.1 Å². The lowest BCUT2D eigenvalue weighted by atomic mass is 9.97. The van der Waals surface area contributed by atoms with Crippen molar-refractivity contribution >= 4 is 32.8 Å². The minimum atomic E-state index is -7.79. The van der Waals surface area contributed by atoms with Crippen LogP contribution in [-0.4, -0.2) is 47.6 Å². The Hall–Kier alpha value is -0.270. The second kappa shape index (κ2) is 10.2. The molecule has 0 radical (unpaired) electrons. The zero-order valence-electron chi connectivity index (χ0n) is 15.7. The van der Waals surface area contributed by atoms with Gasteiger partial charge in [-0.1, -0.05) is 59.1 Å². The predicted octanol–water partition coefficient (Wildman–Crippen LogP) is 7.15. The van der Waals surface area contributed by atoms with Gasteiger partial charge in [0.25, 0.3) is 0 Å². The zero-order valence-corrected chi connectivity index (χ0v) is 18.7. The van der Waals surface area contributed by atoms with E-state index in [-0.39, 0.29) is 12.8 Å². The highest BCUT2D eigenvalue weighted by molar-refractivity contribution is 14.1. The van der Waals surface area contributed by atoms with Crippen molar-refractivity contribution in [2.24, 2.45) is 0 Å². The van der Waals surface area contributed by atoms with E-state index in [1.807, 2.05) is 0 Å². The second-order valence-corrected chi connectivity index (χ2v) is 9.74. The lowest BCUT2D eigenvalue weighted by Gasteiger charge is -2.38. The molecule has 0 N–H and O–H groups in total. The van der Waals surface area contributed by atoms with Gasteiger partial charge in [0.1, 0.15) is 0 Å². The van der Waals surface area contributed by atoms with E-state index in [9.17, 15) is 65.0 Å². The summed E-state index contributed by atoms with van der Waals surface area (Å²) in [5.74, 6) is -20.7. The van der Waals surface area contributed by atoms with Crippen molar-refractivity contribution in [3.8, 4) is 0 Å². The fourth-order valence-electron chi connectivity index (χ4n) is 2.14. The number of alkyl halides is 13. The van der Waals surface area contributed by atoms with Gasteiger partial charge in [0.15, 0.2) is 0 Å². The van der Waals surface area contributed by atoms with E-state index in [0.29, 0.717) is 19.3 Å². The second-order valence-electron chi connectivity index (χ2n) is 6.59. The van der Waals surface area contributed by atoms with Gasteiger partial charge in [0.05, 0.1) is 0 Å². The molecule has 0 heterocycles. The monoisotopic (exact) mass is 638 g/mol. The molecule has 32 heavy (non-hydrogen) atoms. The topological polar surface area (TPSA) is 43.4 Å². The van der Waals surface area contributed by atoms with Gasteiger partial charge in [-0.15, -0.1) is 0 Å². The third-order valence-corrected chi connectivity index (χ3v) is 5.88. The highest BCUT2D eigenvalue weighted by atomic mass is 127. The van der Waals surface area contributed by atoms with E-state index in [0.717, 1.165) is 22.6 Å². The summed E-state index contributed by atoms with van der Waals surface area (Å²) < 4.78 is 192. The van der Waals surface area contributed by atoms with Crippen molar-refractivity contribution in [2.45, 2.75) is 84.6 Å². The summed E-state index contributed by atoms with van der Waals surface area (Å²) in [6, 6.07) is 0. The first-order valence-electron chi connectivity index (χ1n) is 8.46. The Balaban J connectivity index is 5.82. The lowest BCUT2D eigenvalue weighted by molar-refractivity contribution is -0.488. The number of unbranched alkanes of at least 4 members (excludes halogenated alkanes) is 3. The molecule has 18 heteroatoms. The third-order valence-electron chi connectivity index (χ3n) is 3.97. The molecule has 0 saturated heterocycles. The predicted molar refractivity (Wildman–Crippen MR) is 92.0 cm³/mol. The van der Waals surface area contributed by atoms with Gasteiger partial charge in [0, 0.05) is 10.3 Å². The Morgan fingerprint density at radius 2 is 1.25 bits per heavy atom. The van der Waals surface area contributed by atoms with Crippen LogP contribution in [0.3, 0.4) is 0 Å². The minimum Gasteiger partial charge on any atom is -0.244 e. The van der Waals surface area contributed by atoms with Crippen LogP contribution in [0, 0.1) is 0 Å². The minimum absolute atomic E-state index is 0.178. The van der Waals surface area contributed by atoms with Crippen molar-refractivity contribution in [1.29, 1.82) is 0 Å². The van der Waals surface area contributed by atoms with E-state index in [1.54, 1.807) is 11.7 Å². The summed E-state index contributed by atoms with van der Waals surface area (Å²) in [7, 11) is -7.79. The quantitative estimate of drug-likeness (QED) is 0.0668. The molecule has 0 saturated carbocycles. The average molecular weight is 638 g/mol. The number of hydrogen-bond donors (Lipinski definition) is 0. The van der Waals surface area contributed by atoms with E-state index >= 15 is 0 Å². The zero-order chi connectivity index (χ0) is 26.0. The molecule has 0 bridgehead atoms. The first kappa shape index (κ1) is 31.7. The van der Waals surface area contributed by atoms with Crippen LogP contribution in [0.2, 0.25) is 0 Å². The molecular formula is C14H16F13IO3S. The van der Waals surface area contributed by atoms with E-state index in [4.69, 9.17) is 0 Å². The van der Waals surface area contributed by atoms with Crippen LogP contribution in [-0.2, 0) is 15.0 Å². The molecule has 0 aromatic carbocycles. The molecule has 0 spiro atoms. The molecule has 0 aromatic rings. The Morgan fingerprint density at radius 1 is 0.781 bits per heavy atom.